The molecule has 0 saturated carbocycles. The molecule has 2 aromatic carbocycles. The van der Waals surface area contributed by atoms with Gasteiger partial charge in [0.1, 0.15) is 30.2 Å². The van der Waals surface area contributed by atoms with Crippen molar-refractivity contribution in [2.45, 2.75) is 43.9 Å². The number of alkyl halides is 1. The van der Waals surface area contributed by atoms with Crippen LogP contribution in [0.25, 0.3) is 0 Å². The number of halogens is 1. The van der Waals surface area contributed by atoms with Gasteiger partial charge >= 0.3 is 0 Å². The molecule has 27 heavy (non-hydrogen) atoms. The molecule has 3 rings (SSSR count). The number of methoxy groups -OCH3 is 1. The monoisotopic (exact) mass is 376 g/mol. The number of aliphatic hydroxyl groups excluding tert-OH is 3. The maximum Gasteiger partial charge on any atom is 0.157 e. The van der Waals surface area contributed by atoms with Crippen LogP contribution in [0.4, 0.5) is 4.39 Å². The zero-order chi connectivity index (χ0) is 19.6. The summed E-state index contributed by atoms with van der Waals surface area (Å²) in [6.45, 7) is 1.43. The summed E-state index contributed by atoms with van der Waals surface area (Å²) in [5, 5.41) is 29.5. The normalized spacial score (nSPS) is 28.1. The van der Waals surface area contributed by atoms with Gasteiger partial charge in [0.05, 0.1) is 13.7 Å². The zero-order valence-electron chi connectivity index (χ0n) is 15.4. The molecule has 2 aromatic rings. The van der Waals surface area contributed by atoms with Crippen LogP contribution in [0, 0.1) is 6.92 Å². The minimum atomic E-state index is -1.83. The Morgan fingerprint density at radius 1 is 1.07 bits per heavy atom. The van der Waals surface area contributed by atoms with E-state index < -0.39 is 37.2 Å². The van der Waals surface area contributed by atoms with Gasteiger partial charge in [-0.25, -0.2) is 4.39 Å². The lowest BCUT2D eigenvalue weighted by molar-refractivity contribution is -0.214. The summed E-state index contributed by atoms with van der Waals surface area (Å²) in [6.07, 6.45) is -6.24. The van der Waals surface area contributed by atoms with E-state index in [-0.39, 0.29) is 0 Å². The Labute approximate surface area is 158 Å². The Balaban J connectivity index is 1.85. The lowest BCUT2D eigenvalue weighted by Gasteiger charge is -2.39. The topological polar surface area (TPSA) is 79.2 Å². The van der Waals surface area contributed by atoms with E-state index >= 15 is 0 Å². The number of aryl methyl sites for hydroxylation is 1. The summed E-state index contributed by atoms with van der Waals surface area (Å²) in [7, 11) is 1.62. The maximum atomic E-state index is 14.0. The number of benzene rings is 2. The highest BCUT2D eigenvalue weighted by atomic mass is 19.1. The van der Waals surface area contributed by atoms with Crippen molar-refractivity contribution in [2.24, 2.45) is 0 Å². The van der Waals surface area contributed by atoms with Crippen LogP contribution in [-0.4, -0.2) is 53.5 Å². The second kappa shape index (κ2) is 8.35. The van der Waals surface area contributed by atoms with Crippen LogP contribution in [0.2, 0.25) is 0 Å². The fourth-order valence-corrected chi connectivity index (χ4v) is 3.37. The van der Waals surface area contributed by atoms with Crippen molar-refractivity contribution >= 4 is 0 Å². The summed E-state index contributed by atoms with van der Waals surface area (Å²) in [4.78, 5) is 0. The standard InChI is InChI=1S/C21H25FO5/c1-12-3-6-14(21-20(25)19(24)18(22)17(11-23)27-21)10-15(12)9-13-4-7-16(26-2)8-5-13/h3-8,10,17-21,23-25H,9,11H2,1-2H3. The molecule has 5 nitrogen and oxygen atoms in total. The molecule has 0 spiro atoms. The highest BCUT2D eigenvalue weighted by Gasteiger charge is 2.45. The van der Waals surface area contributed by atoms with Crippen LogP contribution in [0.3, 0.4) is 0 Å². The van der Waals surface area contributed by atoms with E-state index in [9.17, 15) is 19.7 Å². The zero-order valence-corrected chi connectivity index (χ0v) is 15.4. The average Bonchev–Trinajstić information content (AvgIpc) is 2.69. The summed E-state index contributed by atoms with van der Waals surface area (Å²) in [5.74, 6) is 0.785. The Morgan fingerprint density at radius 3 is 2.41 bits per heavy atom. The minimum Gasteiger partial charge on any atom is -0.497 e. The summed E-state index contributed by atoms with van der Waals surface area (Å²) in [5.41, 5.74) is 3.84. The Morgan fingerprint density at radius 2 is 1.78 bits per heavy atom. The van der Waals surface area contributed by atoms with Crippen molar-refractivity contribution in [3.8, 4) is 5.75 Å². The van der Waals surface area contributed by atoms with Crippen molar-refractivity contribution in [3.05, 3.63) is 64.7 Å². The molecular weight excluding hydrogens is 351 g/mol. The van der Waals surface area contributed by atoms with Crippen LogP contribution < -0.4 is 4.74 Å². The van der Waals surface area contributed by atoms with Gasteiger partial charge in [-0.15, -0.1) is 0 Å². The van der Waals surface area contributed by atoms with Crippen molar-refractivity contribution in [1.82, 2.24) is 0 Å². The van der Waals surface area contributed by atoms with Crippen molar-refractivity contribution in [3.63, 3.8) is 0 Å². The number of hydrogen-bond donors (Lipinski definition) is 3. The van der Waals surface area contributed by atoms with E-state index in [4.69, 9.17) is 9.47 Å². The van der Waals surface area contributed by atoms with E-state index in [0.29, 0.717) is 12.0 Å². The smallest absolute Gasteiger partial charge is 0.157 e. The van der Waals surface area contributed by atoms with Crippen LogP contribution in [0.1, 0.15) is 28.4 Å². The molecule has 1 aliphatic heterocycles. The van der Waals surface area contributed by atoms with Gasteiger partial charge in [0.2, 0.25) is 0 Å². The van der Waals surface area contributed by atoms with Crippen LogP contribution in [-0.2, 0) is 11.2 Å². The van der Waals surface area contributed by atoms with Crippen LogP contribution in [0.15, 0.2) is 42.5 Å². The second-order valence-corrected chi connectivity index (χ2v) is 6.91. The molecule has 0 aliphatic carbocycles. The van der Waals surface area contributed by atoms with Crippen LogP contribution >= 0.6 is 0 Å². The molecule has 5 atom stereocenters. The fourth-order valence-electron chi connectivity index (χ4n) is 3.37. The van der Waals surface area contributed by atoms with Crippen molar-refractivity contribution in [1.29, 1.82) is 0 Å². The van der Waals surface area contributed by atoms with E-state index in [1.54, 1.807) is 13.2 Å². The van der Waals surface area contributed by atoms with E-state index in [1.807, 2.05) is 43.3 Å². The highest BCUT2D eigenvalue weighted by molar-refractivity contribution is 5.38. The first-order chi connectivity index (χ1) is 12.9. The predicted molar refractivity (Wildman–Crippen MR) is 98.6 cm³/mol. The van der Waals surface area contributed by atoms with Crippen molar-refractivity contribution < 1.29 is 29.2 Å². The first-order valence-corrected chi connectivity index (χ1v) is 8.93. The van der Waals surface area contributed by atoms with E-state index in [0.717, 1.165) is 22.4 Å². The van der Waals surface area contributed by atoms with Gasteiger partial charge in [-0.05, 0) is 47.7 Å². The van der Waals surface area contributed by atoms with Gasteiger partial charge in [-0.3, -0.25) is 0 Å². The summed E-state index contributed by atoms with van der Waals surface area (Å²) < 4.78 is 24.7. The molecule has 0 aromatic heterocycles. The molecule has 6 heteroatoms. The number of rotatable bonds is 5. The number of ether oxygens (including phenoxy) is 2. The molecule has 1 saturated heterocycles. The minimum absolute atomic E-state index is 0.563. The van der Waals surface area contributed by atoms with Gasteiger partial charge in [-0.2, -0.15) is 0 Å². The largest absolute Gasteiger partial charge is 0.497 e. The maximum absolute atomic E-state index is 14.0. The molecular formula is C21H25FO5. The summed E-state index contributed by atoms with van der Waals surface area (Å²) in [6, 6.07) is 13.4. The molecule has 1 heterocycles. The molecule has 0 bridgehead atoms. The van der Waals surface area contributed by atoms with Gasteiger partial charge in [-0.1, -0.05) is 30.3 Å². The molecule has 146 valence electrons. The molecule has 1 aliphatic rings. The van der Waals surface area contributed by atoms with Crippen molar-refractivity contribution in [2.75, 3.05) is 13.7 Å². The summed E-state index contributed by atoms with van der Waals surface area (Å²) >= 11 is 0. The molecule has 1 fully saturated rings. The molecule has 3 N–H and O–H groups in total. The highest BCUT2D eigenvalue weighted by Crippen LogP contribution is 2.34. The SMILES string of the molecule is COc1ccc(Cc2cc(C3OC(CO)C(F)C(O)C3O)ccc2C)cc1. The predicted octanol–water partition coefficient (Wildman–Crippen LogP) is 2.09. The lowest BCUT2D eigenvalue weighted by Crippen LogP contribution is -2.53. The second-order valence-electron chi connectivity index (χ2n) is 6.91. The number of hydrogen-bond acceptors (Lipinski definition) is 5. The quantitative estimate of drug-likeness (QED) is 0.745. The lowest BCUT2D eigenvalue weighted by atomic mass is 9.89. The van der Waals surface area contributed by atoms with Gasteiger partial charge in [0.15, 0.2) is 6.17 Å². The Kier molecular flexibility index (Phi) is 6.11. The molecule has 0 radical (unpaired) electrons. The third-order valence-electron chi connectivity index (χ3n) is 5.10. The van der Waals surface area contributed by atoms with E-state index in [2.05, 4.69) is 0 Å². The van der Waals surface area contributed by atoms with E-state index in [1.165, 1.54) is 0 Å². The third-order valence-corrected chi connectivity index (χ3v) is 5.10. The Bertz CT molecular complexity index is 762. The first kappa shape index (κ1) is 19.8. The molecule has 5 unspecified atom stereocenters. The first-order valence-electron chi connectivity index (χ1n) is 8.93. The van der Waals surface area contributed by atoms with Gasteiger partial charge < -0.3 is 24.8 Å². The fraction of sp³-hybridized carbons (Fsp3) is 0.429. The van der Waals surface area contributed by atoms with Gasteiger partial charge in [0.25, 0.3) is 0 Å². The Hall–Kier alpha value is -1.99. The molecule has 0 amide bonds. The third kappa shape index (κ3) is 4.14. The van der Waals surface area contributed by atoms with Gasteiger partial charge in [0, 0.05) is 0 Å². The van der Waals surface area contributed by atoms with Crippen LogP contribution in [0.5, 0.6) is 5.75 Å². The average molecular weight is 376 g/mol. The number of aliphatic hydroxyl groups is 3.